The van der Waals surface area contributed by atoms with Gasteiger partial charge in [-0.1, -0.05) is 11.3 Å². The highest BCUT2D eigenvalue weighted by atomic mass is 32.1. The Balaban J connectivity index is 1.66. The summed E-state index contributed by atoms with van der Waals surface area (Å²) in [6.07, 6.45) is 4.51. The Kier molecular flexibility index (Phi) is 3.61. The Morgan fingerprint density at radius 3 is 3.00 bits per heavy atom. The first kappa shape index (κ1) is 16.2. The maximum atomic E-state index is 12.1. The van der Waals surface area contributed by atoms with E-state index in [0.717, 1.165) is 41.6 Å². The van der Waals surface area contributed by atoms with Crippen molar-refractivity contribution >= 4 is 17.2 Å². The number of hydrogen-bond donors (Lipinski definition) is 1. The molecule has 2 N–H and O–H groups in total. The fourth-order valence-corrected chi connectivity index (χ4v) is 4.76. The zero-order valence-electron chi connectivity index (χ0n) is 14.7. The van der Waals surface area contributed by atoms with E-state index in [1.807, 2.05) is 30.1 Å². The largest absolute Gasteiger partial charge is 0.454 e. The number of amides is 1. The third-order valence-electron chi connectivity index (χ3n) is 4.88. The molecule has 1 amide bonds. The van der Waals surface area contributed by atoms with Crippen molar-refractivity contribution in [2.75, 3.05) is 6.79 Å². The molecule has 5 rings (SSSR count). The number of carbonyl (C=O) groups is 1. The van der Waals surface area contributed by atoms with Gasteiger partial charge in [0.15, 0.2) is 16.6 Å². The lowest BCUT2D eigenvalue weighted by Gasteiger charge is -2.10. The van der Waals surface area contributed by atoms with Gasteiger partial charge in [-0.2, -0.15) is 5.10 Å². The summed E-state index contributed by atoms with van der Waals surface area (Å²) >= 11 is 1.29. The monoisotopic (exact) mass is 383 g/mol. The second-order valence-corrected chi connectivity index (χ2v) is 7.53. The van der Waals surface area contributed by atoms with E-state index >= 15 is 0 Å². The molecule has 0 saturated carbocycles. The number of carbonyl (C=O) groups excluding carboxylic acids is 1. The molecule has 0 fully saturated rings. The number of hydrogen-bond acceptors (Lipinski definition) is 6. The van der Waals surface area contributed by atoms with Crippen molar-refractivity contribution in [2.45, 2.75) is 19.3 Å². The van der Waals surface area contributed by atoms with Crippen LogP contribution in [0.25, 0.3) is 11.3 Å². The minimum atomic E-state index is -0.428. The van der Waals surface area contributed by atoms with Gasteiger partial charge in [0.25, 0.3) is 5.91 Å². The number of fused-ring (bicyclic) bond motifs is 4. The van der Waals surface area contributed by atoms with Crippen molar-refractivity contribution < 1.29 is 19.0 Å². The molecular weight excluding hydrogens is 366 g/mol. The minimum absolute atomic E-state index is 0.206. The molecule has 1 aliphatic carbocycles. The van der Waals surface area contributed by atoms with Gasteiger partial charge in [-0.25, -0.2) is 0 Å². The van der Waals surface area contributed by atoms with Crippen molar-refractivity contribution in [1.82, 2.24) is 9.78 Å². The van der Waals surface area contributed by atoms with Gasteiger partial charge in [0.05, 0.1) is 22.3 Å². The van der Waals surface area contributed by atoms with Crippen LogP contribution < -0.4 is 19.9 Å². The maximum absolute atomic E-state index is 12.1. The number of aromatic nitrogens is 2. The fourth-order valence-electron chi connectivity index (χ4n) is 3.68. The van der Waals surface area contributed by atoms with Gasteiger partial charge < -0.3 is 19.9 Å². The molecule has 2 aromatic heterocycles. The molecule has 0 unspecified atom stereocenters. The molecule has 2 aliphatic rings. The quantitative estimate of drug-likeness (QED) is 0.750. The highest BCUT2D eigenvalue weighted by Crippen LogP contribution is 2.48. The van der Waals surface area contributed by atoms with E-state index in [1.165, 1.54) is 11.3 Å². The van der Waals surface area contributed by atoms with Gasteiger partial charge in [-0.15, -0.1) is 0 Å². The Hall–Kier alpha value is -3.00. The highest BCUT2D eigenvalue weighted by Gasteiger charge is 2.29. The Morgan fingerprint density at radius 2 is 2.15 bits per heavy atom. The van der Waals surface area contributed by atoms with E-state index in [2.05, 4.69) is 5.10 Å². The molecule has 1 aliphatic heterocycles. The first-order chi connectivity index (χ1) is 13.1. The number of thiophene rings is 1. The molecule has 27 heavy (non-hydrogen) atoms. The van der Waals surface area contributed by atoms with Crippen LogP contribution in [0.15, 0.2) is 24.4 Å². The fraction of sp³-hybridized carbons (Fsp3) is 0.263. The van der Waals surface area contributed by atoms with Crippen molar-refractivity contribution in [3.63, 3.8) is 0 Å². The maximum Gasteiger partial charge on any atom is 0.259 e. The van der Waals surface area contributed by atoms with E-state index in [-0.39, 0.29) is 6.79 Å². The van der Waals surface area contributed by atoms with Crippen LogP contribution in [0.1, 0.15) is 27.2 Å². The van der Waals surface area contributed by atoms with Gasteiger partial charge >= 0.3 is 0 Å². The Morgan fingerprint density at radius 1 is 1.30 bits per heavy atom. The molecule has 3 aromatic rings. The average Bonchev–Trinajstić information content (AvgIpc) is 3.30. The molecule has 7 nitrogen and oxygen atoms in total. The summed E-state index contributed by atoms with van der Waals surface area (Å²) in [5, 5.41) is 5.04. The van der Waals surface area contributed by atoms with E-state index in [9.17, 15) is 4.79 Å². The minimum Gasteiger partial charge on any atom is -0.454 e. The van der Waals surface area contributed by atoms with Crippen molar-refractivity contribution in [3.8, 4) is 33.6 Å². The predicted molar refractivity (Wildman–Crippen MR) is 99.7 cm³/mol. The molecule has 0 saturated heterocycles. The first-order valence-corrected chi connectivity index (χ1v) is 9.47. The zero-order chi connectivity index (χ0) is 18.5. The van der Waals surface area contributed by atoms with Crippen LogP contribution in [0, 0.1) is 0 Å². The topological polar surface area (TPSA) is 88.6 Å². The van der Waals surface area contributed by atoms with E-state index in [4.69, 9.17) is 19.9 Å². The van der Waals surface area contributed by atoms with Crippen LogP contribution in [-0.4, -0.2) is 22.5 Å². The summed E-state index contributed by atoms with van der Waals surface area (Å²) < 4.78 is 18.8. The number of nitrogens with zero attached hydrogens (tertiary/aromatic N) is 2. The molecule has 138 valence electrons. The third kappa shape index (κ3) is 2.56. The number of rotatable bonds is 3. The first-order valence-electron chi connectivity index (χ1n) is 8.66. The van der Waals surface area contributed by atoms with Crippen molar-refractivity contribution in [2.24, 2.45) is 12.8 Å². The van der Waals surface area contributed by atoms with Crippen molar-refractivity contribution in [1.29, 1.82) is 0 Å². The lowest BCUT2D eigenvalue weighted by molar-refractivity contribution is 0.100. The number of benzene rings is 1. The summed E-state index contributed by atoms with van der Waals surface area (Å²) in [5.74, 6) is 1.53. The molecule has 1 aromatic carbocycles. The molecular formula is C19H17N3O4S. The van der Waals surface area contributed by atoms with Gasteiger partial charge in [0.1, 0.15) is 5.75 Å². The predicted octanol–water partition coefficient (Wildman–Crippen LogP) is 3.26. The van der Waals surface area contributed by atoms with E-state index in [0.29, 0.717) is 27.2 Å². The van der Waals surface area contributed by atoms with Crippen molar-refractivity contribution in [3.05, 3.63) is 40.4 Å². The van der Waals surface area contributed by atoms with Crippen LogP contribution in [0.2, 0.25) is 0 Å². The molecule has 0 spiro atoms. The standard InChI is InChI=1S/C19H17N3O4S/c1-22-16-10(8-21-22)3-2-4-12-15(16)19(27-17(12)18(20)23)26-11-5-6-13-14(7-11)25-9-24-13/h5-8H,2-4,9H2,1H3,(H2,20,23). The summed E-state index contributed by atoms with van der Waals surface area (Å²) in [4.78, 5) is 12.6. The van der Waals surface area contributed by atoms with Gasteiger partial charge in [-0.05, 0) is 42.5 Å². The molecule has 0 atom stereocenters. The van der Waals surface area contributed by atoms with E-state index in [1.54, 1.807) is 6.07 Å². The summed E-state index contributed by atoms with van der Waals surface area (Å²) in [7, 11) is 1.90. The zero-order valence-corrected chi connectivity index (χ0v) is 15.5. The Labute approximate surface area is 159 Å². The van der Waals surface area contributed by atoms with Crippen LogP contribution in [-0.2, 0) is 19.9 Å². The summed E-state index contributed by atoms with van der Waals surface area (Å²) in [6, 6.07) is 5.43. The number of ether oxygens (including phenoxy) is 3. The Bertz CT molecular complexity index is 1070. The lowest BCUT2D eigenvalue weighted by Crippen LogP contribution is -2.11. The van der Waals surface area contributed by atoms with Crippen LogP contribution in [0.3, 0.4) is 0 Å². The van der Waals surface area contributed by atoms with Crippen LogP contribution in [0.5, 0.6) is 22.3 Å². The second-order valence-electron chi connectivity index (χ2n) is 6.55. The highest BCUT2D eigenvalue weighted by molar-refractivity contribution is 7.16. The van der Waals surface area contributed by atoms with Gasteiger partial charge in [0.2, 0.25) is 6.79 Å². The smallest absolute Gasteiger partial charge is 0.259 e. The molecule has 0 radical (unpaired) electrons. The SMILES string of the molecule is Cn1ncc2c1-c1c(Oc3ccc4c(c3)OCO4)sc(C(N)=O)c1CCC2. The lowest BCUT2D eigenvalue weighted by atomic mass is 10.0. The normalized spacial score (nSPS) is 14.4. The molecule has 0 bridgehead atoms. The van der Waals surface area contributed by atoms with Gasteiger partial charge in [-0.3, -0.25) is 9.48 Å². The van der Waals surface area contributed by atoms with E-state index < -0.39 is 5.91 Å². The van der Waals surface area contributed by atoms with Crippen LogP contribution >= 0.6 is 11.3 Å². The third-order valence-corrected chi connectivity index (χ3v) is 6.00. The van der Waals surface area contributed by atoms with Crippen LogP contribution in [0.4, 0.5) is 0 Å². The second kappa shape index (κ2) is 6.02. The van der Waals surface area contributed by atoms with Gasteiger partial charge in [0, 0.05) is 13.1 Å². The number of nitrogens with two attached hydrogens (primary N) is 1. The summed E-state index contributed by atoms with van der Waals surface area (Å²) in [6.45, 7) is 0.206. The average molecular weight is 383 g/mol. The summed E-state index contributed by atoms with van der Waals surface area (Å²) in [5.41, 5.74) is 9.67. The number of primary amides is 1. The molecule has 3 heterocycles. The number of aryl methyl sites for hydroxylation is 2. The molecule has 8 heteroatoms.